The third kappa shape index (κ3) is 2.27. The second kappa shape index (κ2) is 5.31. The van der Waals surface area contributed by atoms with Crippen molar-refractivity contribution in [1.29, 1.82) is 0 Å². The van der Waals surface area contributed by atoms with E-state index in [0.717, 1.165) is 29.9 Å². The molecule has 2 aliphatic rings. The molecule has 2 fully saturated rings. The summed E-state index contributed by atoms with van der Waals surface area (Å²) in [5.74, 6) is 0.331. The summed E-state index contributed by atoms with van der Waals surface area (Å²) < 4.78 is 1.95. The number of urea groups is 1. The molecule has 1 unspecified atom stereocenters. The molecule has 1 atom stereocenters. The van der Waals surface area contributed by atoms with Crippen molar-refractivity contribution < 1.29 is 9.59 Å². The van der Waals surface area contributed by atoms with E-state index < -0.39 is 0 Å². The number of fused-ring (bicyclic) bond motifs is 1. The third-order valence-electron chi connectivity index (χ3n) is 4.92. The second-order valence-electron chi connectivity index (χ2n) is 6.67. The molecule has 3 heterocycles. The maximum absolute atomic E-state index is 12.4. The van der Waals surface area contributed by atoms with Gasteiger partial charge in [0.2, 0.25) is 5.91 Å². The minimum atomic E-state index is -0.306. The maximum atomic E-state index is 12.4. The lowest BCUT2D eigenvalue weighted by atomic mass is 10.1. The lowest BCUT2D eigenvalue weighted by Gasteiger charge is -2.17. The van der Waals surface area contributed by atoms with E-state index in [1.165, 1.54) is 17.5 Å². The molecule has 2 N–H and O–H groups in total. The highest BCUT2D eigenvalue weighted by atomic mass is 16.2. The average Bonchev–Trinajstić information content (AvgIpc) is 3.29. The summed E-state index contributed by atoms with van der Waals surface area (Å²) in [6.45, 7) is 2.07. The van der Waals surface area contributed by atoms with Gasteiger partial charge >= 0.3 is 6.03 Å². The van der Waals surface area contributed by atoms with Crippen molar-refractivity contribution in [3.05, 3.63) is 29.7 Å². The number of rotatable bonds is 4. The number of nitrogens with zero attached hydrogens (tertiary/aromatic N) is 4. The number of hydrogen-bond acceptors (Lipinski definition) is 4. The predicted molar refractivity (Wildman–Crippen MR) is 89.9 cm³/mol. The second-order valence-corrected chi connectivity index (χ2v) is 6.67. The molecule has 4 rings (SSSR count). The minimum absolute atomic E-state index is 0.0567. The topological polar surface area (TPSA) is 83.9 Å². The Morgan fingerprint density at radius 1 is 1.33 bits per heavy atom. The number of carbonyl (C=O) groups excluding carboxylic acids is 2. The Labute approximate surface area is 140 Å². The molecule has 0 spiro atoms. The van der Waals surface area contributed by atoms with Gasteiger partial charge in [0.05, 0.1) is 11.4 Å². The molecular weight excluding hydrogens is 306 g/mol. The molecule has 1 saturated heterocycles. The molecule has 1 aliphatic carbocycles. The van der Waals surface area contributed by atoms with Crippen molar-refractivity contribution in [3.8, 4) is 0 Å². The number of likely N-dealkylation sites (N-methyl/N-ethyl adjacent to an activating group) is 1. The van der Waals surface area contributed by atoms with E-state index in [1.807, 2.05) is 23.6 Å². The van der Waals surface area contributed by atoms with E-state index in [1.54, 1.807) is 0 Å². The number of aromatic nitrogens is 2. The first-order chi connectivity index (χ1) is 11.5. The molecule has 0 radical (unpaired) electrons. The van der Waals surface area contributed by atoms with Gasteiger partial charge in [-0.2, -0.15) is 0 Å². The zero-order chi connectivity index (χ0) is 17.0. The van der Waals surface area contributed by atoms with Gasteiger partial charge in [-0.05, 0) is 36.8 Å². The van der Waals surface area contributed by atoms with Gasteiger partial charge in [0.1, 0.15) is 6.54 Å². The number of pyridine rings is 1. The van der Waals surface area contributed by atoms with Crippen molar-refractivity contribution in [1.82, 2.24) is 14.3 Å². The highest BCUT2D eigenvalue weighted by molar-refractivity contribution is 6.13. The zero-order valence-corrected chi connectivity index (χ0v) is 13.9. The molecule has 2 aromatic heterocycles. The van der Waals surface area contributed by atoms with Crippen LogP contribution in [0.4, 0.5) is 10.5 Å². The van der Waals surface area contributed by atoms with Crippen molar-refractivity contribution >= 4 is 23.3 Å². The first-order valence-corrected chi connectivity index (χ1v) is 8.35. The number of imide groups is 1. The van der Waals surface area contributed by atoms with Gasteiger partial charge in [-0.3, -0.25) is 14.6 Å². The van der Waals surface area contributed by atoms with E-state index in [2.05, 4.69) is 11.2 Å². The first-order valence-electron chi connectivity index (χ1n) is 8.35. The summed E-state index contributed by atoms with van der Waals surface area (Å²) in [5.41, 5.74) is 9.48. The highest BCUT2D eigenvalue weighted by Crippen LogP contribution is 2.42. The van der Waals surface area contributed by atoms with Crippen LogP contribution in [0.1, 0.15) is 49.4 Å². The van der Waals surface area contributed by atoms with Crippen LogP contribution in [0.5, 0.6) is 0 Å². The van der Waals surface area contributed by atoms with Crippen LogP contribution < -0.4 is 10.6 Å². The summed E-state index contributed by atoms with van der Waals surface area (Å²) in [4.78, 5) is 31.6. The molecule has 7 nitrogen and oxygen atoms in total. The van der Waals surface area contributed by atoms with Crippen molar-refractivity contribution in [2.75, 3.05) is 18.5 Å². The van der Waals surface area contributed by atoms with Crippen LogP contribution in [-0.2, 0) is 4.79 Å². The Morgan fingerprint density at radius 2 is 2.08 bits per heavy atom. The van der Waals surface area contributed by atoms with E-state index in [9.17, 15) is 9.59 Å². The van der Waals surface area contributed by atoms with Crippen LogP contribution in [0.15, 0.2) is 18.5 Å². The van der Waals surface area contributed by atoms with Gasteiger partial charge in [0.25, 0.3) is 0 Å². The van der Waals surface area contributed by atoms with Gasteiger partial charge in [-0.1, -0.05) is 6.92 Å². The van der Waals surface area contributed by atoms with Crippen LogP contribution in [0.3, 0.4) is 0 Å². The van der Waals surface area contributed by atoms with Gasteiger partial charge < -0.3 is 10.1 Å². The SMILES string of the molecule is CCC(N)c1cn2cc(C3CC3)cc(N3CC(=O)N(C)C3=O)c2n1. The van der Waals surface area contributed by atoms with Gasteiger partial charge in [-0.15, -0.1) is 0 Å². The van der Waals surface area contributed by atoms with Crippen LogP contribution in [-0.4, -0.2) is 39.8 Å². The lowest BCUT2D eigenvalue weighted by Crippen LogP contribution is -2.30. The largest absolute Gasteiger partial charge is 0.331 e. The number of hydrogen-bond donors (Lipinski definition) is 1. The minimum Gasteiger partial charge on any atom is -0.323 e. The highest BCUT2D eigenvalue weighted by Gasteiger charge is 2.36. The number of anilines is 1. The standard InChI is InChI=1S/C17H21N5O2/c1-3-12(18)13-8-21-7-11(10-4-5-10)6-14(16(21)19-13)22-9-15(23)20(2)17(22)24/h6-8,10,12H,3-5,9,18H2,1-2H3. The summed E-state index contributed by atoms with van der Waals surface area (Å²) in [6, 6.07) is 1.56. The summed E-state index contributed by atoms with van der Waals surface area (Å²) in [7, 11) is 1.51. The van der Waals surface area contributed by atoms with E-state index in [4.69, 9.17) is 5.73 Å². The Balaban J connectivity index is 1.87. The smallest absolute Gasteiger partial charge is 0.323 e. The molecule has 3 amide bonds. The Hall–Kier alpha value is -2.41. The molecule has 2 aromatic rings. The fraction of sp³-hybridized carbons (Fsp3) is 0.471. The molecule has 1 saturated carbocycles. The Bertz CT molecular complexity index is 839. The normalized spacial score (nSPS) is 19.6. The number of carbonyl (C=O) groups is 2. The van der Waals surface area contributed by atoms with Crippen molar-refractivity contribution in [3.63, 3.8) is 0 Å². The number of nitrogens with two attached hydrogens (primary N) is 1. The predicted octanol–water partition coefficient (Wildman–Crippen LogP) is 2.02. The monoisotopic (exact) mass is 327 g/mol. The third-order valence-corrected chi connectivity index (χ3v) is 4.92. The number of imidazole rings is 1. The quantitative estimate of drug-likeness (QED) is 0.871. The molecule has 1 aliphatic heterocycles. The molecule has 126 valence electrons. The fourth-order valence-corrected chi connectivity index (χ4v) is 3.13. The molecular formula is C17H21N5O2. The van der Waals surface area contributed by atoms with Crippen LogP contribution in [0.2, 0.25) is 0 Å². The van der Waals surface area contributed by atoms with Crippen LogP contribution in [0.25, 0.3) is 5.65 Å². The summed E-state index contributed by atoms with van der Waals surface area (Å²) in [5, 5.41) is 0. The zero-order valence-electron chi connectivity index (χ0n) is 13.9. The van der Waals surface area contributed by atoms with E-state index in [-0.39, 0.29) is 24.5 Å². The fourth-order valence-electron chi connectivity index (χ4n) is 3.13. The summed E-state index contributed by atoms with van der Waals surface area (Å²) >= 11 is 0. The van der Waals surface area contributed by atoms with Crippen LogP contribution in [0, 0.1) is 0 Å². The van der Waals surface area contributed by atoms with Gasteiger partial charge in [-0.25, -0.2) is 9.78 Å². The Kier molecular flexibility index (Phi) is 3.35. The lowest BCUT2D eigenvalue weighted by molar-refractivity contribution is -0.123. The first kappa shape index (κ1) is 15.1. The molecule has 24 heavy (non-hydrogen) atoms. The molecule has 0 bridgehead atoms. The van der Waals surface area contributed by atoms with Gasteiger partial charge in [0, 0.05) is 25.5 Å². The molecule has 0 aromatic carbocycles. The van der Waals surface area contributed by atoms with Crippen LogP contribution >= 0.6 is 0 Å². The van der Waals surface area contributed by atoms with Gasteiger partial charge in [0.15, 0.2) is 5.65 Å². The van der Waals surface area contributed by atoms with E-state index >= 15 is 0 Å². The maximum Gasteiger partial charge on any atom is 0.331 e. The summed E-state index contributed by atoms with van der Waals surface area (Å²) in [6.07, 6.45) is 7.12. The average molecular weight is 327 g/mol. The Morgan fingerprint density at radius 3 is 2.67 bits per heavy atom. The van der Waals surface area contributed by atoms with E-state index in [0.29, 0.717) is 17.3 Å². The molecule has 7 heteroatoms. The van der Waals surface area contributed by atoms with Crippen molar-refractivity contribution in [2.45, 2.75) is 38.1 Å². The number of amides is 3. The van der Waals surface area contributed by atoms with Crippen molar-refractivity contribution in [2.24, 2.45) is 5.73 Å².